The second kappa shape index (κ2) is 23.3. The zero-order valence-corrected chi connectivity index (χ0v) is 48.7. The highest BCUT2D eigenvalue weighted by molar-refractivity contribution is 9.10. The Hall–Kier alpha value is -9.34. The van der Waals surface area contributed by atoms with Gasteiger partial charge < -0.3 is 18.7 Å². The smallest absolute Gasteiger partial charge is 0.0635 e. The number of nitrogens with zero attached hydrogens (tertiary/aromatic N) is 3. The number of benzene rings is 12. The molecule has 0 radical (unpaired) electrons. The highest BCUT2D eigenvalue weighted by Gasteiger charge is 2.20. The summed E-state index contributed by atoms with van der Waals surface area (Å²) in [5.41, 5.74) is 10.9. The number of rotatable bonds is 9. The maximum absolute atomic E-state index is 3.57. The van der Waals surface area contributed by atoms with Crippen molar-refractivity contribution in [2.75, 3.05) is 0 Å². The lowest BCUT2D eigenvalue weighted by atomic mass is 10.1. The summed E-state index contributed by atoms with van der Waals surface area (Å²) >= 11 is 3.51. The number of halogens is 1. The van der Waals surface area contributed by atoms with Gasteiger partial charge in [-0.15, -0.1) is 0 Å². The molecule has 0 saturated heterocycles. The zero-order chi connectivity index (χ0) is 55.5. The summed E-state index contributed by atoms with van der Waals surface area (Å²) < 4.78 is 8.09. The molecule has 12 aromatic carbocycles. The molecule has 0 aliphatic heterocycles. The molecule has 0 bridgehead atoms. The molecule has 1 N–H and O–H groups in total. The monoisotopic (exact) mass is 1160 g/mol. The first-order valence-corrected chi connectivity index (χ1v) is 31.4. The Morgan fingerprint density at radius 3 is 1.18 bits per heavy atom. The van der Waals surface area contributed by atoms with Gasteiger partial charge in [0.1, 0.15) is 0 Å². The lowest BCUT2D eigenvalue weighted by molar-refractivity contribution is 1.13. The number of aromatic nitrogens is 4. The van der Waals surface area contributed by atoms with Gasteiger partial charge in [0.2, 0.25) is 0 Å². The van der Waals surface area contributed by atoms with Crippen molar-refractivity contribution in [2.45, 2.75) is 0 Å². The van der Waals surface area contributed by atoms with Crippen LogP contribution in [0.2, 0.25) is 0 Å². The Morgan fingerprint density at radius 1 is 0.265 bits per heavy atom. The van der Waals surface area contributed by atoms with Crippen LogP contribution in [0.3, 0.4) is 0 Å². The van der Waals surface area contributed by atoms with E-state index in [-0.39, 0.29) is 0 Å². The molecule has 0 unspecified atom stereocenters. The summed E-state index contributed by atoms with van der Waals surface area (Å²) in [6, 6.07) is 113. The molecule has 7 heteroatoms. The minimum Gasteiger partial charge on any atom is -0.354 e. The van der Waals surface area contributed by atoms with Crippen LogP contribution >= 0.6 is 31.8 Å². The lowest BCUT2D eigenvalue weighted by Gasteiger charge is -2.20. The van der Waals surface area contributed by atoms with Gasteiger partial charge in [0.15, 0.2) is 0 Å². The first-order chi connectivity index (χ1) is 41.1. The average Bonchev–Trinajstić information content (AvgIpc) is 3.53. The van der Waals surface area contributed by atoms with Gasteiger partial charge in [-0.1, -0.05) is 246 Å². The van der Waals surface area contributed by atoms with Gasteiger partial charge in [0.05, 0.1) is 27.6 Å². The standard InChI is InChI=1S/C38H27N2P.C20H14N2.C18H14BrP/c1-4-12-28(13-5-1)39-27-26-35-36(39)25-24-34-33-18-10-11-19-37(33)40(38(34)35)29-20-22-32(23-21-29)41(30-14-6-2-7-15-30)31-16-8-3-9-17-31;1-2-6-14(7-3-1)22-13-12-17-19(22)11-10-16-15-8-4-5-9-18(15)21-20(16)17;19-15-11-13-18(14-12-15)20(16-7-3-1-4-8-16)17-9-5-2-6-10-17/h1-27H;1-13,21H;1-14H. The summed E-state index contributed by atoms with van der Waals surface area (Å²) in [6.45, 7) is 0. The summed E-state index contributed by atoms with van der Waals surface area (Å²) in [6.07, 6.45) is 4.34. The van der Waals surface area contributed by atoms with Gasteiger partial charge in [0, 0.05) is 71.8 Å². The molecule has 0 atom stereocenters. The molecular weight excluding hydrogens is 1110 g/mol. The van der Waals surface area contributed by atoms with Gasteiger partial charge in [-0.05, 0) is 133 Å². The third-order valence-corrected chi connectivity index (χ3v) is 20.8. The van der Waals surface area contributed by atoms with Crippen LogP contribution in [-0.4, -0.2) is 18.7 Å². The molecule has 0 saturated carbocycles. The molecule has 4 aromatic heterocycles. The fraction of sp³-hybridized carbons (Fsp3) is 0. The summed E-state index contributed by atoms with van der Waals surface area (Å²) in [5.74, 6) is 0. The van der Waals surface area contributed by atoms with Crippen LogP contribution in [0.25, 0.3) is 82.5 Å². The van der Waals surface area contributed by atoms with Gasteiger partial charge in [0.25, 0.3) is 0 Å². The molecule has 0 spiro atoms. The predicted molar refractivity (Wildman–Crippen MR) is 362 cm³/mol. The fourth-order valence-corrected chi connectivity index (χ4v) is 16.5. The van der Waals surface area contributed by atoms with Gasteiger partial charge >= 0.3 is 0 Å². The van der Waals surface area contributed by atoms with E-state index < -0.39 is 15.8 Å². The molecular formula is C76H55BrN4P2. The van der Waals surface area contributed by atoms with Crippen LogP contribution in [0.5, 0.6) is 0 Å². The van der Waals surface area contributed by atoms with Crippen molar-refractivity contribution in [2.24, 2.45) is 0 Å². The van der Waals surface area contributed by atoms with E-state index in [1.807, 2.05) is 6.07 Å². The SMILES string of the molecule is Brc1ccc(P(c2ccccc2)c2ccccc2)cc1.c1ccc(-n2ccc3c2ccc2c4ccccc4n(-c4ccc(P(c5ccccc5)c5ccccc5)cc4)c23)cc1.c1ccc(-n2ccc3c4[nH]c5ccccc5c4ccc32)cc1. The maximum Gasteiger partial charge on any atom is 0.0635 e. The fourth-order valence-electron chi connectivity index (χ4n) is 11.7. The molecule has 4 nitrogen and oxygen atoms in total. The first-order valence-electron chi connectivity index (χ1n) is 27.9. The van der Waals surface area contributed by atoms with Crippen molar-refractivity contribution in [1.82, 2.24) is 18.7 Å². The van der Waals surface area contributed by atoms with Crippen LogP contribution in [-0.2, 0) is 0 Å². The van der Waals surface area contributed by atoms with Gasteiger partial charge in [-0.25, -0.2) is 0 Å². The topological polar surface area (TPSA) is 30.6 Å². The molecule has 16 aromatic rings. The summed E-state index contributed by atoms with van der Waals surface area (Å²) in [7, 11) is -1.13. The Balaban J connectivity index is 0.000000123. The van der Waals surface area contributed by atoms with E-state index in [1.165, 1.54) is 114 Å². The molecule has 0 fully saturated rings. The second-order valence-corrected chi connectivity index (χ2v) is 25.7. The van der Waals surface area contributed by atoms with Crippen molar-refractivity contribution in [3.05, 3.63) is 332 Å². The number of H-pyrrole nitrogens is 1. The van der Waals surface area contributed by atoms with Crippen molar-refractivity contribution in [3.63, 3.8) is 0 Å². The summed E-state index contributed by atoms with van der Waals surface area (Å²) in [4.78, 5) is 3.57. The molecule has 16 rings (SSSR count). The van der Waals surface area contributed by atoms with Crippen molar-refractivity contribution in [3.8, 4) is 17.1 Å². The third-order valence-electron chi connectivity index (χ3n) is 15.4. The van der Waals surface area contributed by atoms with E-state index in [0.717, 1.165) is 4.47 Å². The Kier molecular flexibility index (Phi) is 14.5. The number of fused-ring (bicyclic) bond motifs is 10. The van der Waals surface area contributed by atoms with Crippen LogP contribution in [0.4, 0.5) is 0 Å². The number of nitrogens with one attached hydrogen (secondary N) is 1. The Labute approximate surface area is 493 Å². The van der Waals surface area contributed by atoms with Crippen LogP contribution in [0, 0.1) is 0 Å². The largest absolute Gasteiger partial charge is 0.354 e. The first kappa shape index (κ1) is 51.8. The van der Waals surface area contributed by atoms with E-state index in [1.54, 1.807) is 0 Å². The molecule has 0 aliphatic rings. The highest BCUT2D eigenvalue weighted by Crippen LogP contribution is 2.40. The van der Waals surface area contributed by atoms with E-state index in [4.69, 9.17) is 0 Å². The molecule has 0 amide bonds. The quantitative estimate of drug-likeness (QED) is 0.140. The summed E-state index contributed by atoms with van der Waals surface area (Å²) in [5, 5.41) is 15.9. The number of para-hydroxylation sites is 4. The van der Waals surface area contributed by atoms with Crippen LogP contribution in [0.1, 0.15) is 0 Å². The number of hydrogen-bond acceptors (Lipinski definition) is 0. The minimum atomic E-state index is -0.648. The predicted octanol–water partition coefficient (Wildman–Crippen LogP) is 18.0. The Morgan fingerprint density at radius 2 is 0.663 bits per heavy atom. The zero-order valence-electron chi connectivity index (χ0n) is 45.3. The minimum absolute atomic E-state index is 0.479. The van der Waals surface area contributed by atoms with Crippen molar-refractivity contribution in [1.29, 1.82) is 0 Å². The molecule has 4 heterocycles. The second-order valence-electron chi connectivity index (χ2n) is 20.4. The maximum atomic E-state index is 3.57. The van der Waals surface area contributed by atoms with Gasteiger partial charge in [-0.2, -0.15) is 0 Å². The van der Waals surface area contributed by atoms with Crippen LogP contribution in [0.15, 0.2) is 332 Å². The normalized spacial score (nSPS) is 11.4. The highest BCUT2D eigenvalue weighted by atomic mass is 79.9. The average molecular weight is 1170 g/mol. The van der Waals surface area contributed by atoms with E-state index >= 15 is 0 Å². The third kappa shape index (κ3) is 10.2. The van der Waals surface area contributed by atoms with Crippen molar-refractivity contribution < 1.29 is 0 Å². The Bertz CT molecular complexity index is 4750. The van der Waals surface area contributed by atoms with E-state index in [9.17, 15) is 0 Å². The van der Waals surface area contributed by atoms with E-state index in [2.05, 4.69) is 356 Å². The molecule has 396 valence electrons. The van der Waals surface area contributed by atoms with Crippen molar-refractivity contribution >= 4 is 129 Å². The van der Waals surface area contributed by atoms with E-state index in [0.29, 0.717) is 0 Å². The van der Waals surface area contributed by atoms with Crippen LogP contribution < -0.4 is 31.8 Å². The molecule has 0 aliphatic carbocycles. The molecule has 83 heavy (non-hydrogen) atoms. The number of aromatic amines is 1. The van der Waals surface area contributed by atoms with Gasteiger partial charge in [-0.3, -0.25) is 0 Å². The lowest BCUT2D eigenvalue weighted by Crippen LogP contribution is -2.20. The number of hydrogen-bond donors (Lipinski definition) is 1.